The quantitative estimate of drug-likeness (QED) is 0.575. The highest BCUT2D eigenvalue weighted by atomic mass is 16.6. The lowest BCUT2D eigenvalue weighted by atomic mass is 9.71. The largest absolute Gasteiger partial charge is 0.378 e. The smallest absolute Gasteiger partial charge is 0.0939 e. The predicted octanol–water partition coefficient (Wildman–Crippen LogP) is 1.52. The third kappa shape index (κ3) is 3.13. The first kappa shape index (κ1) is 17.2. The second kappa shape index (κ2) is 6.92. The average Bonchev–Trinajstić information content (AvgIpc) is 2.92. The Morgan fingerprint density at radius 2 is 2.05 bits per heavy atom. The zero-order valence-corrected chi connectivity index (χ0v) is 14.2. The first-order valence-corrected chi connectivity index (χ1v) is 8.39. The Labute approximate surface area is 129 Å². The van der Waals surface area contributed by atoms with Gasteiger partial charge in [-0.25, -0.2) is 0 Å². The molecule has 1 spiro atoms. The van der Waals surface area contributed by atoms with Crippen LogP contribution in [-0.4, -0.2) is 56.0 Å². The Balaban J connectivity index is 2.19. The molecule has 2 aliphatic rings. The van der Waals surface area contributed by atoms with Crippen LogP contribution >= 0.6 is 0 Å². The van der Waals surface area contributed by atoms with Gasteiger partial charge in [0.2, 0.25) is 0 Å². The minimum absolute atomic E-state index is 0.0580. The van der Waals surface area contributed by atoms with Gasteiger partial charge in [0, 0.05) is 31.2 Å². The molecular weight excluding hydrogens is 266 g/mol. The number of nitrogens with two attached hydrogens (primary N) is 1. The normalized spacial score (nSPS) is 32.0. The summed E-state index contributed by atoms with van der Waals surface area (Å²) < 4.78 is 11.7. The lowest BCUT2D eigenvalue weighted by molar-refractivity contribution is -0.112. The van der Waals surface area contributed by atoms with Crippen molar-refractivity contribution in [2.75, 3.05) is 33.9 Å². The van der Waals surface area contributed by atoms with E-state index in [-0.39, 0.29) is 17.2 Å². The van der Waals surface area contributed by atoms with E-state index in [9.17, 15) is 0 Å². The van der Waals surface area contributed by atoms with Crippen molar-refractivity contribution in [3.8, 4) is 0 Å². The highest BCUT2D eigenvalue weighted by Gasteiger charge is 2.48. The second-order valence-electron chi connectivity index (χ2n) is 6.94. The average molecular weight is 299 g/mol. The van der Waals surface area contributed by atoms with Crippen molar-refractivity contribution < 1.29 is 9.47 Å². The number of hydrogen-bond acceptors (Lipinski definition) is 5. The molecule has 5 heteroatoms. The van der Waals surface area contributed by atoms with Crippen LogP contribution in [0.5, 0.6) is 0 Å². The van der Waals surface area contributed by atoms with E-state index < -0.39 is 0 Å². The lowest BCUT2D eigenvalue weighted by Crippen LogP contribution is -2.64. The third-order valence-corrected chi connectivity index (χ3v) is 5.94. The summed E-state index contributed by atoms with van der Waals surface area (Å²) in [7, 11) is 4.34. The molecule has 0 aromatic heterocycles. The van der Waals surface area contributed by atoms with E-state index in [1.165, 1.54) is 0 Å². The topological polar surface area (TPSA) is 59.8 Å². The Kier molecular flexibility index (Phi) is 5.65. The summed E-state index contributed by atoms with van der Waals surface area (Å²) in [5, 5.41) is 0. The maximum atomic E-state index is 6.08. The lowest BCUT2D eigenvalue weighted by Gasteiger charge is -2.50. The maximum Gasteiger partial charge on any atom is 0.0939 e. The number of hydrogen-bond donors (Lipinski definition) is 2. The van der Waals surface area contributed by atoms with Crippen LogP contribution in [0.25, 0.3) is 0 Å². The molecule has 2 aliphatic heterocycles. The fourth-order valence-corrected chi connectivity index (χ4v) is 4.54. The predicted molar refractivity (Wildman–Crippen MR) is 85.0 cm³/mol. The van der Waals surface area contributed by atoms with E-state index >= 15 is 0 Å². The van der Waals surface area contributed by atoms with E-state index in [1.54, 1.807) is 0 Å². The van der Waals surface area contributed by atoms with Crippen molar-refractivity contribution in [2.45, 2.75) is 63.1 Å². The number of hydrazine groups is 1. The highest BCUT2D eigenvalue weighted by molar-refractivity contribution is 5.03. The van der Waals surface area contributed by atoms with Crippen molar-refractivity contribution >= 4 is 0 Å². The molecule has 124 valence electrons. The van der Waals surface area contributed by atoms with Crippen LogP contribution in [0.2, 0.25) is 0 Å². The third-order valence-electron chi connectivity index (χ3n) is 5.94. The molecule has 2 saturated heterocycles. The standard InChI is InChI=1S/C16H33N3O2/c1-5-16(6-2,19(3)4)14(18-17)13-7-9-21-15(11-13)8-10-20-12-15/h13-14,18H,5-12,17H2,1-4H3. The first-order chi connectivity index (χ1) is 10.0. The molecule has 0 aliphatic carbocycles. The minimum atomic E-state index is -0.0580. The summed E-state index contributed by atoms with van der Waals surface area (Å²) >= 11 is 0. The van der Waals surface area contributed by atoms with Gasteiger partial charge in [-0.2, -0.15) is 0 Å². The SMILES string of the molecule is CCC(CC)(C(NN)C1CCOC2(CCOC2)C1)N(C)C. The van der Waals surface area contributed by atoms with E-state index in [4.69, 9.17) is 15.3 Å². The van der Waals surface area contributed by atoms with Crippen molar-refractivity contribution in [1.82, 2.24) is 10.3 Å². The van der Waals surface area contributed by atoms with Crippen LogP contribution in [0, 0.1) is 5.92 Å². The maximum absolute atomic E-state index is 6.08. The van der Waals surface area contributed by atoms with Gasteiger partial charge in [0.25, 0.3) is 0 Å². The molecule has 0 amide bonds. The van der Waals surface area contributed by atoms with Gasteiger partial charge in [0.15, 0.2) is 0 Å². The van der Waals surface area contributed by atoms with Crippen molar-refractivity contribution in [2.24, 2.45) is 11.8 Å². The summed E-state index contributed by atoms with van der Waals surface area (Å²) in [6.45, 7) is 6.92. The van der Waals surface area contributed by atoms with Crippen LogP contribution in [0.3, 0.4) is 0 Å². The Morgan fingerprint density at radius 1 is 1.33 bits per heavy atom. The molecule has 2 heterocycles. The van der Waals surface area contributed by atoms with Crippen LogP contribution in [0.15, 0.2) is 0 Å². The highest BCUT2D eigenvalue weighted by Crippen LogP contribution is 2.41. The van der Waals surface area contributed by atoms with Gasteiger partial charge in [0.1, 0.15) is 0 Å². The number of likely N-dealkylation sites (N-methyl/N-ethyl adjacent to an activating group) is 1. The molecule has 2 fully saturated rings. The number of nitrogens with zero attached hydrogens (tertiary/aromatic N) is 1. The molecule has 2 rings (SSSR count). The Hall–Kier alpha value is -0.200. The zero-order chi connectivity index (χ0) is 15.5. The summed E-state index contributed by atoms with van der Waals surface area (Å²) in [5.74, 6) is 6.55. The van der Waals surface area contributed by atoms with Crippen LogP contribution in [-0.2, 0) is 9.47 Å². The minimum Gasteiger partial charge on any atom is -0.378 e. The molecule has 3 atom stereocenters. The fraction of sp³-hybridized carbons (Fsp3) is 1.00. The Morgan fingerprint density at radius 3 is 2.52 bits per heavy atom. The van der Waals surface area contributed by atoms with Crippen molar-refractivity contribution in [3.63, 3.8) is 0 Å². The number of ether oxygens (including phenoxy) is 2. The van der Waals surface area contributed by atoms with Gasteiger partial charge < -0.3 is 14.4 Å². The number of nitrogens with one attached hydrogen (secondary N) is 1. The molecule has 0 aromatic carbocycles. The van der Waals surface area contributed by atoms with E-state index in [1.807, 2.05) is 0 Å². The van der Waals surface area contributed by atoms with Gasteiger partial charge in [-0.15, -0.1) is 0 Å². The summed E-state index contributed by atoms with van der Waals surface area (Å²) in [4.78, 5) is 2.35. The summed E-state index contributed by atoms with van der Waals surface area (Å²) in [5.41, 5.74) is 3.20. The van der Waals surface area contributed by atoms with Crippen LogP contribution in [0.1, 0.15) is 46.0 Å². The van der Waals surface area contributed by atoms with E-state index in [0.717, 1.165) is 51.9 Å². The van der Waals surface area contributed by atoms with Gasteiger partial charge in [-0.1, -0.05) is 13.8 Å². The number of rotatable bonds is 6. The molecule has 3 unspecified atom stereocenters. The summed E-state index contributed by atoms with van der Waals surface area (Å²) in [6, 6.07) is 0.281. The molecule has 3 N–H and O–H groups in total. The zero-order valence-electron chi connectivity index (χ0n) is 14.2. The second-order valence-corrected chi connectivity index (χ2v) is 6.94. The Bertz CT molecular complexity index is 325. The monoisotopic (exact) mass is 299 g/mol. The van der Waals surface area contributed by atoms with Gasteiger partial charge >= 0.3 is 0 Å². The van der Waals surface area contributed by atoms with Crippen LogP contribution in [0.4, 0.5) is 0 Å². The molecule has 5 nitrogen and oxygen atoms in total. The molecular formula is C16H33N3O2. The molecule has 0 aromatic rings. The van der Waals surface area contributed by atoms with Crippen molar-refractivity contribution in [1.29, 1.82) is 0 Å². The van der Waals surface area contributed by atoms with Gasteiger partial charge in [-0.05, 0) is 45.7 Å². The van der Waals surface area contributed by atoms with E-state index in [0.29, 0.717) is 5.92 Å². The van der Waals surface area contributed by atoms with Crippen molar-refractivity contribution in [3.05, 3.63) is 0 Å². The van der Waals surface area contributed by atoms with Gasteiger partial charge in [0.05, 0.1) is 12.2 Å². The molecule has 21 heavy (non-hydrogen) atoms. The first-order valence-electron chi connectivity index (χ1n) is 8.39. The van der Waals surface area contributed by atoms with Gasteiger partial charge in [-0.3, -0.25) is 11.3 Å². The van der Waals surface area contributed by atoms with E-state index in [2.05, 4.69) is 38.3 Å². The molecule has 0 bridgehead atoms. The molecule has 0 saturated carbocycles. The summed E-state index contributed by atoms with van der Waals surface area (Å²) in [6.07, 6.45) is 5.33. The fourth-order valence-electron chi connectivity index (χ4n) is 4.54. The molecule has 0 radical (unpaired) electrons. The van der Waals surface area contributed by atoms with Crippen LogP contribution < -0.4 is 11.3 Å².